The lowest BCUT2D eigenvalue weighted by molar-refractivity contribution is -0.900. The van der Waals surface area contributed by atoms with Gasteiger partial charge in [0.1, 0.15) is 0 Å². The van der Waals surface area contributed by atoms with Crippen molar-refractivity contribution in [3.63, 3.8) is 0 Å². The second-order valence-corrected chi connectivity index (χ2v) is 7.19. The molecular formula is C19H23ClIN5O. The highest BCUT2D eigenvalue weighted by Crippen LogP contribution is 2.19. The van der Waals surface area contributed by atoms with Gasteiger partial charge < -0.3 is 33.8 Å². The molecule has 0 radical (unpaired) electrons. The first kappa shape index (κ1) is 20.2. The molecular weight excluding hydrogens is 477 g/mol. The number of aromatic nitrogens is 3. The van der Waals surface area contributed by atoms with Gasteiger partial charge in [0.2, 0.25) is 0 Å². The molecule has 1 fully saturated rings. The normalized spacial score (nSPS) is 15.1. The summed E-state index contributed by atoms with van der Waals surface area (Å²) >= 11 is 6.09. The largest absolute Gasteiger partial charge is 1.00 e. The van der Waals surface area contributed by atoms with Crippen molar-refractivity contribution >= 4 is 22.9 Å². The predicted molar refractivity (Wildman–Crippen MR) is 103 cm³/mol. The van der Waals surface area contributed by atoms with Crippen molar-refractivity contribution in [2.45, 2.75) is 13.0 Å². The van der Waals surface area contributed by atoms with Crippen LogP contribution in [0.2, 0.25) is 5.02 Å². The van der Waals surface area contributed by atoms with Gasteiger partial charge >= 0.3 is 5.69 Å². The molecule has 1 saturated heterocycles. The third kappa shape index (κ3) is 4.64. The Labute approximate surface area is 180 Å². The minimum atomic E-state index is -0.0543. The van der Waals surface area contributed by atoms with Gasteiger partial charge in [-0.15, -0.1) is 5.10 Å². The van der Waals surface area contributed by atoms with Crippen LogP contribution in [0.1, 0.15) is 6.42 Å². The quantitative estimate of drug-likeness (QED) is 0.411. The van der Waals surface area contributed by atoms with Gasteiger partial charge in [0.05, 0.1) is 39.3 Å². The molecule has 0 atom stereocenters. The van der Waals surface area contributed by atoms with Crippen molar-refractivity contribution in [3.05, 3.63) is 64.2 Å². The van der Waals surface area contributed by atoms with E-state index in [1.54, 1.807) is 20.2 Å². The molecule has 1 N–H and O–H groups in total. The maximum Gasteiger partial charge on any atom is 0.350 e. The number of nitrogens with zero attached hydrogens (tertiary/aromatic N) is 4. The lowest BCUT2D eigenvalue weighted by atomic mass is 10.2. The van der Waals surface area contributed by atoms with Crippen molar-refractivity contribution in [1.82, 2.24) is 14.2 Å². The number of benzene rings is 1. The third-order valence-corrected chi connectivity index (χ3v) is 5.27. The van der Waals surface area contributed by atoms with Gasteiger partial charge in [-0.05, 0) is 30.3 Å². The Morgan fingerprint density at radius 1 is 1.11 bits per heavy atom. The lowest BCUT2D eigenvalue weighted by Gasteiger charge is -2.33. The molecule has 0 aliphatic carbocycles. The monoisotopic (exact) mass is 499 g/mol. The van der Waals surface area contributed by atoms with Crippen LogP contribution >= 0.6 is 11.6 Å². The Balaban J connectivity index is 0.00000210. The first-order chi connectivity index (χ1) is 12.7. The fourth-order valence-electron chi connectivity index (χ4n) is 3.60. The van der Waals surface area contributed by atoms with E-state index in [0.717, 1.165) is 44.2 Å². The van der Waals surface area contributed by atoms with Crippen LogP contribution in [0.4, 0.5) is 5.69 Å². The molecule has 1 aliphatic heterocycles. The zero-order valence-electron chi connectivity index (χ0n) is 15.0. The van der Waals surface area contributed by atoms with Crippen LogP contribution in [0.15, 0.2) is 53.5 Å². The number of aryl methyl sites for hydroxylation is 1. The lowest BCUT2D eigenvalue weighted by Crippen LogP contribution is -3.14. The summed E-state index contributed by atoms with van der Waals surface area (Å²) in [4.78, 5) is 16.3. The number of hydrogen-bond acceptors (Lipinski definition) is 3. The minimum Gasteiger partial charge on any atom is -1.00 e. The van der Waals surface area contributed by atoms with Gasteiger partial charge in [-0.1, -0.05) is 23.7 Å². The molecule has 27 heavy (non-hydrogen) atoms. The van der Waals surface area contributed by atoms with E-state index in [1.807, 2.05) is 36.4 Å². The summed E-state index contributed by atoms with van der Waals surface area (Å²) in [6.45, 7) is 6.00. The average Bonchev–Trinajstić information content (AvgIpc) is 2.99. The number of pyridine rings is 1. The molecule has 6 nitrogen and oxygen atoms in total. The van der Waals surface area contributed by atoms with E-state index in [9.17, 15) is 4.79 Å². The molecule has 8 heteroatoms. The molecule has 0 spiro atoms. The number of rotatable bonds is 5. The standard InChI is InChI=1S/C19H22ClN5O.HI/c20-16-5-3-6-17(15-16)23-13-11-22(12-14-23)8-4-10-25-19(26)24-9-2-1-7-18(24)21-25;/h1-3,5-7,9,15H,4,8,10-14H2;1H. The van der Waals surface area contributed by atoms with E-state index in [4.69, 9.17) is 11.6 Å². The zero-order valence-corrected chi connectivity index (χ0v) is 17.9. The van der Waals surface area contributed by atoms with Crippen LogP contribution in [0.3, 0.4) is 0 Å². The van der Waals surface area contributed by atoms with Crippen LogP contribution in [0.5, 0.6) is 0 Å². The third-order valence-electron chi connectivity index (χ3n) is 5.03. The summed E-state index contributed by atoms with van der Waals surface area (Å²) in [6, 6.07) is 13.7. The molecule has 1 aliphatic rings. The number of halogens is 2. The highest BCUT2D eigenvalue weighted by atomic mass is 127. The Morgan fingerprint density at radius 2 is 1.93 bits per heavy atom. The van der Waals surface area contributed by atoms with Gasteiger partial charge in [0.25, 0.3) is 0 Å². The van der Waals surface area contributed by atoms with Gasteiger partial charge in [-0.2, -0.15) is 0 Å². The van der Waals surface area contributed by atoms with Gasteiger partial charge in [-0.3, -0.25) is 4.40 Å². The summed E-state index contributed by atoms with van der Waals surface area (Å²) in [5.74, 6) is 0. The van der Waals surface area contributed by atoms with Crippen molar-refractivity contribution in [1.29, 1.82) is 0 Å². The number of hydrogen-bond donors (Lipinski definition) is 1. The van der Waals surface area contributed by atoms with Gasteiger partial charge in [-0.25, -0.2) is 9.48 Å². The molecule has 3 aromatic rings. The number of anilines is 1. The Bertz CT molecular complexity index is 948. The minimum absolute atomic E-state index is 0. The molecule has 0 bridgehead atoms. The summed E-state index contributed by atoms with van der Waals surface area (Å²) in [5, 5.41) is 5.18. The van der Waals surface area contributed by atoms with Gasteiger partial charge in [0, 0.05) is 23.3 Å². The second kappa shape index (κ2) is 9.07. The van der Waals surface area contributed by atoms with Crippen LogP contribution in [0.25, 0.3) is 5.65 Å². The van der Waals surface area contributed by atoms with Crippen LogP contribution < -0.4 is 39.5 Å². The first-order valence-electron chi connectivity index (χ1n) is 9.09. The van der Waals surface area contributed by atoms with Gasteiger partial charge in [0.15, 0.2) is 5.65 Å². The summed E-state index contributed by atoms with van der Waals surface area (Å²) < 4.78 is 3.17. The Kier molecular flexibility index (Phi) is 6.78. The van der Waals surface area contributed by atoms with Crippen LogP contribution in [0, 0.1) is 0 Å². The fourth-order valence-corrected chi connectivity index (χ4v) is 3.78. The number of quaternary nitrogens is 1. The zero-order chi connectivity index (χ0) is 17.9. The first-order valence-corrected chi connectivity index (χ1v) is 9.47. The van der Waals surface area contributed by atoms with E-state index in [0.29, 0.717) is 12.2 Å². The van der Waals surface area contributed by atoms with Crippen LogP contribution in [-0.2, 0) is 6.54 Å². The van der Waals surface area contributed by atoms with Crippen molar-refractivity contribution in [2.24, 2.45) is 0 Å². The molecule has 144 valence electrons. The highest BCUT2D eigenvalue weighted by molar-refractivity contribution is 6.30. The molecule has 2 aromatic heterocycles. The van der Waals surface area contributed by atoms with E-state index in [-0.39, 0.29) is 29.7 Å². The van der Waals surface area contributed by atoms with Crippen molar-refractivity contribution < 1.29 is 28.9 Å². The van der Waals surface area contributed by atoms with Crippen molar-refractivity contribution in [3.8, 4) is 0 Å². The average molecular weight is 500 g/mol. The fraction of sp³-hybridized carbons (Fsp3) is 0.368. The number of piperazine rings is 1. The molecule has 4 rings (SSSR count). The molecule has 0 saturated carbocycles. The second-order valence-electron chi connectivity index (χ2n) is 6.76. The number of nitrogens with one attached hydrogen (secondary N) is 1. The Hall–Kier alpha value is -1.58. The topological polar surface area (TPSA) is 47.0 Å². The molecule has 0 amide bonds. The van der Waals surface area contributed by atoms with E-state index in [2.05, 4.69) is 16.1 Å². The SMILES string of the molecule is O=c1n(CCC[NH+]2CCN(c3cccc(Cl)c3)CC2)nc2ccccn12.[I-]. The van der Waals surface area contributed by atoms with E-state index in [1.165, 1.54) is 5.69 Å². The summed E-state index contributed by atoms with van der Waals surface area (Å²) in [5.41, 5.74) is 1.86. The highest BCUT2D eigenvalue weighted by Gasteiger charge is 2.20. The smallest absolute Gasteiger partial charge is 0.350 e. The molecule has 3 heterocycles. The molecule has 1 aromatic carbocycles. The summed E-state index contributed by atoms with van der Waals surface area (Å²) in [6.07, 6.45) is 2.72. The maximum absolute atomic E-state index is 12.3. The number of fused-ring (bicyclic) bond motifs is 1. The van der Waals surface area contributed by atoms with E-state index >= 15 is 0 Å². The van der Waals surface area contributed by atoms with Crippen molar-refractivity contribution in [2.75, 3.05) is 37.6 Å². The predicted octanol–water partition coefficient (Wildman–Crippen LogP) is -2.05. The van der Waals surface area contributed by atoms with Crippen LogP contribution in [-0.4, -0.2) is 46.9 Å². The molecule has 0 unspecified atom stereocenters. The Morgan fingerprint density at radius 3 is 2.67 bits per heavy atom. The summed E-state index contributed by atoms with van der Waals surface area (Å²) in [7, 11) is 0. The maximum atomic E-state index is 12.3. The van der Waals surface area contributed by atoms with E-state index < -0.39 is 0 Å².